The number of ether oxygens (including phenoxy) is 1. The van der Waals surface area contributed by atoms with Crippen LogP contribution in [0.15, 0.2) is 48.5 Å². The molecule has 0 aromatic heterocycles. The molecule has 182 valence electrons. The molecule has 4 atom stereocenters. The number of carboxylic acid groups (broad SMARTS) is 1. The number of carbonyl (C=O) groups excluding carboxylic acids is 2. The zero-order chi connectivity index (χ0) is 24.8. The van der Waals surface area contributed by atoms with Crippen molar-refractivity contribution in [2.75, 3.05) is 6.61 Å². The van der Waals surface area contributed by atoms with Gasteiger partial charge in [0.25, 0.3) is 0 Å². The van der Waals surface area contributed by atoms with Crippen LogP contribution in [0.3, 0.4) is 0 Å². The van der Waals surface area contributed by atoms with Gasteiger partial charge in [0.2, 0.25) is 5.91 Å². The first-order chi connectivity index (χ1) is 16.3. The van der Waals surface area contributed by atoms with E-state index in [0.29, 0.717) is 12.8 Å². The minimum absolute atomic E-state index is 0.0872. The molecule has 0 aliphatic heterocycles. The first kappa shape index (κ1) is 25.3. The van der Waals surface area contributed by atoms with E-state index in [1.54, 1.807) is 6.92 Å². The minimum atomic E-state index is -1.09. The van der Waals surface area contributed by atoms with E-state index in [1.165, 1.54) is 0 Å². The van der Waals surface area contributed by atoms with E-state index in [-0.39, 0.29) is 24.4 Å². The molecule has 3 rings (SSSR count). The van der Waals surface area contributed by atoms with Crippen molar-refractivity contribution in [1.29, 1.82) is 0 Å². The van der Waals surface area contributed by atoms with Crippen LogP contribution < -0.4 is 10.6 Å². The lowest BCUT2D eigenvalue weighted by molar-refractivity contribution is -0.143. The molecular formula is C27H34N2O5. The van der Waals surface area contributed by atoms with Gasteiger partial charge in [-0.3, -0.25) is 4.79 Å². The van der Waals surface area contributed by atoms with Crippen LogP contribution in [-0.4, -0.2) is 41.8 Å². The van der Waals surface area contributed by atoms with Gasteiger partial charge in [-0.2, -0.15) is 0 Å². The number of fused-ring (bicyclic) bond motifs is 3. The topological polar surface area (TPSA) is 105 Å². The maximum Gasteiger partial charge on any atom is 0.407 e. The summed E-state index contributed by atoms with van der Waals surface area (Å²) >= 11 is 0. The van der Waals surface area contributed by atoms with Crippen molar-refractivity contribution < 1.29 is 24.2 Å². The van der Waals surface area contributed by atoms with Crippen LogP contribution in [0.2, 0.25) is 0 Å². The Hall–Kier alpha value is -3.35. The number of aliphatic carboxylic acids is 1. The summed E-state index contributed by atoms with van der Waals surface area (Å²) in [6.45, 7) is 7.53. The average molecular weight is 467 g/mol. The molecule has 3 N–H and O–H groups in total. The number of carboxylic acids is 1. The van der Waals surface area contributed by atoms with Crippen molar-refractivity contribution in [3.8, 4) is 11.1 Å². The van der Waals surface area contributed by atoms with Crippen molar-refractivity contribution in [2.24, 2.45) is 11.8 Å². The lowest BCUT2D eigenvalue weighted by Crippen LogP contribution is -2.55. The van der Waals surface area contributed by atoms with Gasteiger partial charge in [0, 0.05) is 5.92 Å². The zero-order valence-electron chi connectivity index (χ0n) is 20.2. The van der Waals surface area contributed by atoms with Gasteiger partial charge in [0.15, 0.2) is 0 Å². The lowest BCUT2D eigenvalue weighted by Gasteiger charge is -2.27. The van der Waals surface area contributed by atoms with Crippen LogP contribution in [0.25, 0.3) is 11.1 Å². The third kappa shape index (κ3) is 5.41. The largest absolute Gasteiger partial charge is 0.480 e. The Bertz CT molecular complexity index is 992. The molecule has 0 spiro atoms. The molecule has 7 nitrogen and oxygen atoms in total. The van der Waals surface area contributed by atoms with E-state index >= 15 is 0 Å². The van der Waals surface area contributed by atoms with Gasteiger partial charge in [-0.05, 0) is 34.1 Å². The third-order valence-corrected chi connectivity index (χ3v) is 6.89. The van der Waals surface area contributed by atoms with Crippen LogP contribution in [0, 0.1) is 11.8 Å². The number of nitrogens with one attached hydrogen (secondary N) is 2. The number of carbonyl (C=O) groups is 3. The quantitative estimate of drug-likeness (QED) is 0.476. The number of alkyl carbamates (subject to hydrolysis) is 1. The van der Waals surface area contributed by atoms with Crippen molar-refractivity contribution in [1.82, 2.24) is 10.6 Å². The zero-order valence-corrected chi connectivity index (χ0v) is 20.2. The monoisotopic (exact) mass is 466 g/mol. The molecule has 0 radical (unpaired) electrons. The van der Waals surface area contributed by atoms with Crippen molar-refractivity contribution in [3.63, 3.8) is 0 Å². The van der Waals surface area contributed by atoms with Crippen LogP contribution in [0.4, 0.5) is 4.79 Å². The summed E-state index contributed by atoms with van der Waals surface area (Å²) in [5.41, 5.74) is 4.47. The molecule has 0 heterocycles. The summed E-state index contributed by atoms with van der Waals surface area (Å²) in [7, 11) is 0. The van der Waals surface area contributed by atoms with Gasteiger partial charge >= 0.3 is 12.1 Å². The maximum atomic E-state index is 13.0. The van der Waals surface area contributed by atoms with Crippen molar-refractivity contribution >= 4 is 18.0 Å². The second kappa shape index (κ2) is 11.2. The van der Waals surface area contributed by atoms with Crippen LogP contribution in [0.1, 0.15) is 57.6 Å². The molecular weight excluding hydrogens is 432 g/mol. The fraction of sp³-hybridized carbons (Fsp3) is 0.444. The van der Waals surface area contributed by atoms with Gasteiger partial charge in [0.1, 0.15) is 18.7 Å². The smallest absolute Gasteiger partial charge is 0.407 e. The number of rotatable bonds is 10. The summed E-state index contributed by atoms with van der Waals surface area (Å²) in [6.07, 6.45) is 0.533. The van der Waals surface area contributed by atoms with E-state index < -0.39 is 30.1 Å². The highest BCUT2D eigenvalue weighted by atomic mass is 16.5. The first-order valence-electron chi connectivity index (χ1n) is 11.9. The number of hydrogen-bond donors (Lipinski definition) is 3. The normalized spacial score (nSPS) is 15.9. The van der Waals surface area contributed by atoms with E-state index in [0.717, 1.165) is 22.3 Å². The van der Waals surface area contributed by atoms with E-state index in [4.69, 9.17) is 4.74 Å². The van der Waals surface area contributed by atoms with Gasteiger partial charge in [-0.25, -0.2) is 9.59 Å². The molecule has 34 heavy (non-hydrogen) atoms. The van der Waals surface area contributed by atoms with E-state index in [2.05, 4.69) is 22.8 Å². The van der Waals surface area contributed by atoms with Gasteiger partial charge in [-0.1, -0.05) is 89.1 Å². The second-order valence-corrected chi connectivity index (χ2v) is 9.04. The summed E-state index contributed by atoms with van der Waals surface area (Å²) in [5.74, 6) is -2.14. The summed E-state index contributed by atoms with van der Waals surface area (Å²) in [6, 6.07) is 14.2. The third-order valence-electron chi connectivity index (χ3n) is 6.89. The minimum Gasteiger partial charge on any atom is -0.480 e. The van der Waals surface area contributed by atoms with Gasteiger partial charge in [-0.15, -0.1) is 0 Å². The molecule has 0 saturated heterocycles. The molecule has 4 unspecified atom stereocenters. The van der Waals surface area contributed by atoms with Crippen LogP contribution >= 0.6 is 0 Å². The SMILES string of the molecule is CCC(C)C(NC(=O)C(NC(=O)OCC1c2ccccc2-c2ccccc21)C(C)CC)C(=O)O. The predicted octanol–water partition coefficient (Wildman–Crippen LogP) is 4.56. The standard InChI is InChI=1S/C27H34N2O5/c1-5-16(3)23(25(30)28-24(26(31)32)17(4)6-2)29-27(33)34-15-22-20-13-9-7-11-18(20)19-12-8-10-14-21(19)22/h7-14,16-17,22-24H,5-6,15H2,1-4H3,(H,28,30)(H,29,33)(H,31,32). The molecule has 7 heteroatoms. The molecule has 2 amide bonds. The Balaban J connectivity index is 1.69. The predicted molar refractivity (Wildman–Crippen MR) is 130 cm³/mol. The Morgan fingerprint density at radius 3 is 1.85 bits per heavy atom. The van der Waals surface area contributed by atoms with Crippen molar-refractivity contribution in [2.45, 2.75) is 58.5 Å². The van der Waals surface area contributed by atoms with E-state index in [9.17, 15) is 19.5 Å². The van der Waals surface area contributed by atoms with Crippen LogP contribution in [-0.2, 0) is 14.3 Å². The Morgan fingerprint density at radius 1 is 0.853 bits per heavy atom. The Labute approximate surface area is 200 Å². The highest BCUT2D eigenvalue weighted by Crippen LogP contribution is 2.44. The summed E-state index contributed by atoms with van der Waals surface area (Å²) < 4.78 is 5.59. The Morgan fingerprint density at radius 2 is 1.35 bits per heavy atom. The fourth-order valence-electron chi connectivity index (χ4n) is 4.40. The molecule has 1 aliphatic carbocycles. The number of benzene rings is 2. The summed E-state index contributed by atoms with van der Waals surface area (Å²) in [4.78, 5) is 37.3. The molecule has 0 saturated carbocycles. The maximum absolute atomic E-state index is 13.0. The van der Waals surface area contributed by atoms with Gasteiger partial charge in [0.05, 0.1) is 0 Å². The first-order valence-corrected chi connectivity index (χ1v) is 11.9. The average Bonchev–Trinajstić information content (AvgIpc) is 3.17. The fourth-order valence-corrected chi connectivity index (χ4v) is 4.40. The second-order valence-electron chi connectivity index (χ2n) is 9.04. The summed E-state index contributed by atoms with van der Waals surface area (Å²) in [5, 5.41) is 14.8. The molecule has 2 aromatic rings. The molecule has 0 fully saturated rings. The number of hydrogen-bond acceptors (Lipinski definition) is 4. The highest BCUT2D eigenvalue weighted by molar-refractivity contribution is 5.89. The van der Waals surface area contributed by atoms with Gasteiger partial charge < -0.3 is 20.5 Å². The number of amides is 2. The highest BCUT2D eigenvalue weighted by Gasteiger charge is 2.33. The Kier molecular flexibility index (Phi) is 8.31. The van der Waals surface area contributed by atoms with E-state index in [1.807, 2.05) is 57.2 Å². The molecule has 1 aliphatic rings. The lowest BCUT2D eigenvalue weighted by atomic mass is 9.95. The van der Waals surface area contributed by atoms with Crippen molar-refractivity contribution in [3.05, 3.63) is 59.7 Å². The molecule has 0 bridgehead atoms. The van der Waals surface area contributed by atoms with Crippen LogP contribution in [0.5, 0.6) is 0 Å². The molecule has 2 aromatic carbocycles.